The molecular formula is C16H23NO3S2. The van der Waals surface area contributed by atoms with Crippen molar-refractivity contribution in [1.29, 1.82) is 0 Å². The molecule has 1 atom stereocenters. The molecule has 0 spiro atoms. The summed E-state index contributed by atoms with van der Waals surface area (Å²) in [4.78, 5) is 14.8. The molecule has 1 saturated heterocycles. The molecule has 1 aliphatic rings. The second kappa shape index (κ2) is 7.51. The van der Waals surface area contributed by atoms with Crippen LogP contribution in [0.5, 0.6) is 0 Å². The van der Waals surface area contributed by atoms with Crippen LogP contribution in [0.3, 0.4) is 0 Å². The summed E-state index contributed by atoms with van der Waals surface area (Å²) in [5.74, 6) is 0.991. The highest BCUT2D eigenvalue weighted by molar-refractivity contribution is 7.99. The average Bonchev–Trinajstić information content (AvgIpc) is 2.72. The van der Waals surface area contributed by atoms with Crippen molar-refractivity contribution >= 4 is 27.5 Å². The normalized spacial score (nSPS) is 19.7. The van der Waals surface area contributed by atoms with E-state index in [4.69, 9.17) is 0 Å². The summed E-state index contributed by atoms with van der Waals surface area (Å²) in [7, 11) is -3.29. The Morgan fingerprint density at radius 1 is 1.36 bits per heavy atom. The Morgan fingerprint density at radius 3 is 2.82 bits per heavy atom. The predicted octanol–water partition coefficient (Wildman–Crippen LogP) is 2.84. The molecule has 1 aliphatic heterocycles. The third kappa shape index (κ3) is 4.49. The summed E-state index contributed by atoms with van der Waals surface area (Å²) in [6, 6.07) is 6.36. The van der Waals surface area contributed by atoms with Crippen molar-refractivity contribution in [2.75, 3.05) is 25.1 Å². The number of amides is 1. The van der Waals surface area contributed by atoms with E-state index in [1.54, 1.807) is 12.1 Å². The van der Waals surface area contributed by atoms with Gasteiger partial charge in [-0.25, -0.2) is 8.42 Å². The van der Waals surface area contributed by atoms with E-state index in [1.807, 2.05) is 16.7 Å². The van der Waals surface area contributed by atoms with Crippen LogP contribution in [-0.4, -0.2) is 49.6 Å². The fourth-order valence-corrected chi connectivity index (χ4v) is 4.46. The molecule has 0 aliphatic carbocycles. The molecule has 1 amide bonds. The molecule has 0 saturated carbocycles. The van der Waals surface area contributed by atoms with Gasteiger partial charge in [-0.1, -0.05) is 19.4 Å². The lowest BCUT2D eigenvalue weighted by Crippen LogP contribution is -2.35. The maximum Gasteiger partial charge on any atom is 0.253 e. The third-order valence-electron chi connectivity index (χ3n) is 3.83. The Balaban J connectivity index is 2.19. The van der Waals surface area contributed by atoms with Gasteiger partial charge in [-0.3, -0.25) is 4.79 Å². The molecule has 0 N–H and O–H groups in total. The molecule has 0 bridgehead atoms. The van der Waals surface area contributed by atoms with Gasteiger partial charge in [0.15, 0.2) is 9.84 Å². The van der Waals surface area contributed by atoms with Crippen LogP contribution in [0, 0.1) is 0 Å². The van der Waals surface area contributed by atoms with Gasteiger partial charge < -0.3 is 4.90 Å². The highest BCUT2D eigenvalue weighted by Gasteiger charge is 2.23. The number of nitrogens with zero attached hydrogens (tertiary/aromatic N) is 1. The van der Waals surface area contributed by atoms with Crippen LogP contribution in [-0.2, 0) is 9.84 Å². The first-order valence-corrected chi connectivity index (χ1v) is 10.6. The molecule has 22 heavy (non-hydrogen) atoms. The van der Waals surface area contributed by atoms with Crippen LogP contribution >= 0.6 is 11.8 Å². The van der Waals surface area contributed by atoms with Crippen LogP contribution < -0.4 is 0 Å². The standard InChI is InChI=1S/C16H23NO3S2/c1-3-21-14-8-4-5-10-17(12-14)16(18)13-7-6-9-15(11-13)22(2,19)20/h6-7,9,11,14H,3-5,8,10,12H2,1-2H3/t14-/m0/s1. The first kappa shape index (κ1) is 17.3. The maximum atomic E-state index is 12.7. The molecule has 1 aromatic carbocycles. The molecule has 1 aromatic rings. The molecule has 0 unspecified atom stereocenters. The largest absolute Gasteiger partial charge is 0.338 e. The summed E-state index contributed by atoms with van der Waals surface area (Å²) < 4.78 is 23.3. The third-order valence-corrected chi connectivity index (χ3v) is 6.13. The second-order valence-electron chi connectivity index (χ2n) is 5.62. The van der Waals surface area contributed by atoms with Crippen LogP contribution in [0.2, 0.25) is 0 Å². The number of hydrogen-bond donors (Lipinski definition) is 0. The zero-order chi connectivity index (χ0) is 16.2. The number of thioether (sulfide) groups is 1. The highest BCUT2D eigenvalue weighted by Crippen LogP contribution is 2.23. The zero-order valence-corrected chi connectivity index (χ0v) is 14.8. The van der Waals surface area contributed by atoms with Crippen molar-refractivity contribution < 1.29 is 13.2 Å². The first-order chi connectivity index (χ1) is 10.4. The number of carbonyl (C=O) groups is 1. The number of carbonyl (C=O) groups excluding carboxylic acids is 1. The molecule has 4 nitrogen and oxygen atoms in total. The fraction of sp³-hybridized carbons (Fsp3) is 0.562. The number of sulfone groups is 1. The highest BCUT2D eigenvalue weighted by atomic mass is 32.2. The number of hydrogen-bond acceptors (Lipinski definition) is 4. The van der Waals surface area contributed by atoms with Crippen molar-refractivity contribution in [3.8, 4) is 0 Å². The monoisotopic (exact) mass is 341 g/mol. The molecule has 6 heteroatoms. The van der Waals surface area contributed by atoms with E-state index in [1.165, 1.54) is 12.1 Å². The van der Waals surface area contributed by atoms with Gasteiger partial charge >= 0.3 is 0 Å². The van der Waals surface area contributed by atoms with E-state index in [9.17, 15) is 13.2 Å². The Labute approximate surface area is 137 Å². The lowest BCUT2D eigenvalue weighted by molar-refractivity contribution is 0.0763. The Morgan fingerprint density at radius 2 is 2.14 bits per heavy atom. The fourth-order valence-electron chi connectivity index (χ4n) is 2.70. The van der Waals surface area contributed by atoms with E-state index < -0.39 is 9.84 Å². The zero-order valence-electron chi connectivity index (χ0n) is 13.1. The minimum Gasteiger partial charge on any atom is -0.338 e. The van der Waals surface area contributed by atoms with Gasteiger partial charge in [0, 0.05) is 30.2 Å². The van der Waals surface area contributed by atoms with E-state index in [0.717, 1.165) is 44.4 Å². The van der Waals surface area contributed by atoms with Gasteiger partial charge in [-0.05, 0) is 36.8 Å². The van der Waals surface area contributed by atoms with Crippen molar-refractivity contribution in [3.63, 3.8) is 0 Å². The summed E-state index contributed by atoms with van der Waals surface area (Å²) in [5, 5.41) is 0.481. The van der Waals surface area contributed by atoms with Gasteiger partial charge in [-0.2, -0.15) is 11.8 Å². The molecule has 0 aromatic heterocycles. The van der Waals surface area contributed by atoms with Gasteiger partial charge in [0.25, 0.3) is 5.91 Å². The van der Waals surface area contributed by atoms with Crippen molar-refractivity contribution in [2.45, 2.75) is 36.3 Å². The van der Waals surface area contributed by atoms with Crippen molar-refractivity contribution in [2.24, 2.45) is 0 Å². The smallest absolute Gasteiger partial charge is 0.253 e. The summed E-state index contributed by atoms with van der Waals surface area (Å²) in [5.41, 5.74) is 0.463. The maximum absolute atomic E-state index is 12.7. The quantitative estimate of drug-likeness (QED) is 0.845. The molecule has 122 valence electrons. The minimum atomic E-state index is -3.29. The SMILES string of the molecule is CCS[C@H]1CCCCN(C(=O)c2cccc(S(C)(=O)=O)c2)C1. The van der Waals surface area contributed by atoms with E-state index in [2.05, 4.69) is 6.92 Å². The predicted molar refractivity (Wildman–Crippen MR) is 91.2 cm³/mol. The second-order valence-corrected chi connectivity index (χ2v) is 9.22. The number of benzene rings is 1. The lowest BCUT2D eigenvalue weighted by atomic mass is 10.2. The molecule has 0 radical (unpaired) electrons. The minimum absolute atomic E-state index is 0.0610. The lowest BCUT2D eigenvalue weighted by Gasteiger charge is -2.24. The number of rotatable bonds is 4. The number of likely N-dealkylation sites (tertiary alicyclic amines) is 1. The summed E-state index contributed by atoms with van der Waals surface area (Å²) >= 11 is 1.90. The molecule has 2 rings (SSSR count). The van der Waals surface area contributed by atoms with E-state index in [-0.39, 0.29) is 10.8 Å². The van der Waals surface area contributed by atoms with Crippen LogP contribution in [0.25, 0.3) is 0 Å². The molecular weight excluding hydrogens is 318 g/mol. The summed E-state index contributed by atoms with van der Waals surface area (Å²) in [6.45, 7) is 3.64. The Bertz CT molecular complexity index is 628. The van der Waals surface area contributed by atoms with Gasteiger partial charge in [-0.15, -0.1) is 0 Å². The molecule has 1 heterocycles. The van der Waals surface area contributed by atoms with Crippen LogP contribution in [0.4, 0.5) is 0 Å². The summed E-state index contributed by atoms with van der Waals surface area (Å²) in [6.07, 6.45) is 4.46. The van der Waals surface area contributed by atoms with Crippen molar-refractivity contribution in [1.82, 2.24) is 4.90 Å². The topological polar surface area (TPSA) is 54.5 Å². The van der Waals surface area contributed by atoms with Gasteiger partial charge in [0.2, 0.25) is 0 Å². The van der Waals surface area contributed by atoms with Gasteiger partial charge in [0.05, 0.1) is 4.90 Å². The van der Waals surface area contributed by atoms with Gasteiger partial charge in [0.1, 0.15) is 0 Å². The average molecular weight is 341 g/mol. The van der Waals surface area contributed by atoms with Crippen molar-refractivity contribution in [3.05, 3.63) is 29.8 Å². The Kier molecular flexibility index (Phi) is 5.92. The first-order valence-electron chi connectivity index (χ1n) is 7.63. The van der Waals surface area contributed by atoms with Crippen LogP contribution in [0.15, 0.2) is 29.2 Å². The van der Waals surface area contributed by atoms with Crippen LogP contribution in [0.1, 0.15) is 36.5 Å². The Hall–Kier alpha value is -1.01. The van der Waals surface area contributed by atoms with E-state index in [0.29, 0.717) is 10.8 Å². The van der Waals surface area contributed by atoms with E-state index >= 15 is 0 Å². The molecule has 1 fully saturated rings.